The van der Waals surface area contributed by atoms with Crippen LogP contribution in [0.3, 0.4) is 0 Å². The molecule has 1 atom stereocenters. The molecule has 0 bridgehead atoms. The molecule has 35 heavy (non-hydrogen) atoms. The summed E-state index contributed by atoms with van der Waals surface area (Å²) in [6.45, 7) is 4.84. The molecule has 1 aromatic heterocycles. The summed E-state index contributed by atoms with van der Waals surface area (Å²) >= 11 is 0. The Balaban J connectivity index is 1.30. The number of hydrogen-bond donors (Lipinski definition) is 1. The molecule has 3 heterocycles. The van der Waals surface area contributed by atoms with Crippen LogP contribution in [0.25, 0.3) is 22.0 Å². The van der Waals surface area contributed by atoms with Gasteiger partial charge in [-0.15, -0.1) is 0 Å². The van der Waals surface area contributed by atoms with Crippen LogP contribution in [0.2, 0.25) is 0 Å². The molecule has 1 N–H and O–H groups in total. The number of pyridine rings is 1. The normalized spacial score (nSPS) is 17.4. The number of benzene rings is 3. The first-order valence-corrected chi connectivity index (χ1v) is 12.0. The van der Waals surface area contributed by atoms with Crippen molar-refractivity contribution in [3.63, 3.8) is 0 Å². The first kappa shape index (κ1) is 21.9. The van der Waals surface area contributed by atoms with E-state index in [9.17, 15) is 9.50 Å². The van der Waals surface area contributed by atoms with Crippen LogP contribution in [0.5, 0.6) is 17.2 Å². The van der Waals surface area contributed by atoms with Crippen molar-refractivity contribution in [3.8, 4) is 28.4 Å². The third kappa shape index (κ3) is 3.98. The Morgan fingerprint density at radius 3 is 2.71 bits per heavy atom. The van der Waals surface area contributed by atoms with Crippen molar-refractivity contribution in [2.75, 3.05) is 32.9 Å². The number of aryl methyl sites for hydroxylation is 1. The van der Waals surface area contributed by atoms with Gasteiger partial charge in [0.15, 0.2) is 6.10 Å². The second kappa shape index (κ2) is 8.86. The Bertz CT molecular complexity index is 1380. The van der Waals surface area contributed by atoms with E-state index < -0.39 is 0 Å². The van der Waals surface area contributed by atoms with E-state index in [4.69, 9.17) is 9.47 Å². The smallest absolute Gasteiger partial charge is 0.150 e. The van der Waals surface area contributed by atoms with Crippen molar-refractivity contribution < 1.29 is 19.0 Å². The quantitative estimate of drug-likeness (QED) is 0.393. The number of rotatable bonds is 6. The molecule has 3 aromatic carbocycles. The molecule has 1 fully saturated rings. The first-order chi connectivity index (χ1) is 17.1. The zero-order valence-electron chi connectivity index (χ0n) is 19.6. The van der Waals surface area contributed by atoms with Crippen LogP contribution in [0.1, 0.15) is 22.8 Å². The fourth-order valence-corrected chi connectivity index (χ4v) is 5.12. The first-order valence-electron chi connectivity index (χ1n) is 12.0. The Hall–Kier alpha value is -3.64. The summed E-state index contributed by atoms with van der Waals surface area (Å²) in [4.78, 5) is 6.85. The highest BCUT2D eigenvalue weighted by molar-refractivity contribution is 5.92. The van der Waals surface area contributed by atoms with E-state index in [1.165, 1.54) is 0 Å². The SMILES string of the molecule is Cc1cccc2c1O[C@@H](c1ccc(OCCN3CC(CF)C3)cc1)c1c-2cnc2cc(O)ccc12. The molecule has 1 saturated heterocycles. The van der Waals surface area contributed by atoms with Gasteiger partial charge in [-0.05, 0) is 42.3 Å². The number of ether oxygens (including phenoxy) is 2. The number of para-hydroxylation sites is 1. The highest BCUT2D eigenvalue weighted by Gasteiger charge is 2.31. The third-order valence-electron chi connectivity index (χ3n) is 7.00. The number of aromatic hydroxyl groups is 1. The molecule has 0 amide bonds. The summed E-state index contributed by atoms with van der Waals surface area (Å²) in [7, 11) is 0. The standard InChI is InChI=1S/C29H27FN2O3/c1-18-3-2-4-23-25-15-31-26-13-21(33)7-10-24(26)27(25)29(35-28(18)23)20-5-8-22(9-6-20)34-12-11-32-16-19(14-30)17-32/h2-10,13,15,19,29,33H,11-12,14,16-17H2,1H3/t29-/m0/s1. The number of fused-ring (bicyclic) bond motifs is 5. The van der Waals surface area contributed by atoms with Crippen molar-refractivity contribution >= 4 is 10.9 Å². The van der Waals surface area contributed by atoms with Crippen molar-refractivity contribution in [2.24, 2.45) is 5.92 Å². The van der Waals surface area contributed by atoms with Crippen molar-refractivity contribution in [3.05, 3.63) is 83.6 Å². The average Bonchev–Trinajstić information content (AvgIpc) is 2.85. The zero-order valence-corrected chi connectivity index (χ0v) is 19.6. The van der Waals surface area contributed by atoms with Crippen LogP contribution in [-0.2, 0) is 0 Å². The van der Waals surface area contributed by atoms with E-state index in [1.807, 2.05) is 42.6 Å². The minimum Gasteiger partial charge on any atom is -0.508 e. The zero-order chi connectivity index (χ0) is 23.9. The van der Waals surface area contributed by atoms with Crippen LogP contribution in [-0.4, -0.2) is 47.9 Å². The molecule has 0 aliphatic carbocycles. The van der Waals surface area contributed by atoms with Gasteiger partial charge in [-0.2, -0.15) is 0 Å². The summed E-state index contributed by atoms with van der Waals surface area (Å²) < 4.78 is 25.2. The van der Waals surface area contributed by atoms with E-state index in [-0.39, 0.29) is 24.4 Å². The molecule has 4 aromatic rings. The third-order valence-corrected chi connectivity index (χ3v) is 7.00. The lowest BCUT2D eigenvalue weighted by Crippen LogP contribution is -2.49. The van der Waals surface area contributed by atoms with Gasteiger partial charge in [0, 0.05) is 59.9 Å². The fourth-order valence-electron chi connectivity index (χ4n) is 5.12. The van der Waals surface area contributed by atoms with Gasteiger partial charge in [0.2, 0.25) is 0 Å². The maximum atomic E-state index is 12.6. The average molecular weight is 471 g/mol. The molecular formula is C29H27FN2O3. The fraction of sp³-hybridized carbons (Fsp3) is 0.276. The molecule has 2 aliphatic heterocycles. The molecule has 6 heteroatoms. The summed E-state index contributed by atoms with van der Waals surface area (Å²) in [5.41, 5.74) is 5.93. The monoisotopic (exact) mass is 470 g/mol. The highest BCUT2D eigenvalue weighted by Crippen LogP contribution is 2.48. The van der Waals surface area contributed by atoms with Gasteiger partial charge >= 0.3 is 0 Å². The minimum absolute atomic E-state index is 0.189. The summed E-state index contributed by atoms with van der Waals surface area (Å²) in [6, 6.07) is 19.5. The number of hydrogen-bond acceptors (Lipinski definition) is 5. The predicted octanol–water partition coefficient (Wildman–Crippen LogP) is 5.68. The molecule has 0 radical (unpaired) electrons. The van der Waals surface area contributed by atoms with Gasteiger partial charge in [-0.25, -0.2) is 0 Å². The van der Waals surface area contributed by atoms with Crippen LogP contribution in [0.15, 0.2) is 66.9 Å². The number of likely N-dealkylation sites (tertiary alicyclic amines) is 1. The Kier molecular flexibility index (Phi) is 5.53. The van der Waals surface area contributed by atoms with Crippen LogP contribution in [0.4, 0.5) is 4.39 Å². The van der Waals surface area contributed by atoms with E-state index in [1.54, 1.807) is 12.1 Å². The molecule has 2 aliphatic rings. The second-order valence-corrected chi connectivity index (χ2v) is 9.43. The van der Waals surface area contributed by atoms with Crippen LogP contribution < -0.4 is 9.47 Å². The second-order valence-electron chi connectivity index (χ2n) is 9.43. The number of nitrogens with zero attached hydrogens (tertiary/aromatic N) is 2. The lowest BCUT2D eigenvalue weighted by atomic mass is 9.87. The summed E-state index contributed by atoms with van der Waals surface area (Å²) in [5.74, 6) is 2.05. The molecule has 5 nitrogen and oxygen atoms in total. The largest absolute Gasteiger partial charge is 0.508 e. The lowest BCUT2D eigenvalue weighted by Gasteiger charge is -2.37. The summed E-state index contributed by atoms with van der Waals surface area (Å²) in [6.07, 6.45) is 1.56. The van der Waals surface area contributed by atoms with Gasteiger partial charge < -0.3 is 14.6 Å². The van der Waals surface area contributed by atoms with Gasteiger partial charge in [0.25, 0.3) is 0 Å². The molecule has 178 valence electrons. The van der Waals surface area contributed by atoms with Crippen molar-refractivity contribution in [2.45, 2.75) is 13.0 Å². The van der Waals surface area contributed by atoms with Gasteiger partial charge in [-0.1, -0.05) is 30.3 Å². The van der Waals surface area contributed by atoms with Gasteiger partial charge in [0.1, 0.15) is 23.9 Å². The molecule has 6 rings (SSSR count). The maximum absolute atomic E-state index is 12.6. The number of alkyl halides is 1. The number of halogens is 1. The Morgan fingerprint density at radius 1 is 1.09 bits per heavy atom. The topological polar surface area (TPSA) is 54.8 Å². The van der Waals surface area contributed by atoms with E-state index in [0.29, 0.717) is 6.61 Å². The van der Waals surface area contributed by atoms with Gasteiger partial charge in [0.05, 0.1) is 12.2 Å². The maximum Gasteiger partial charge on any atom is 0.150 e. The Morgan fingerprint density at radius 2 is 1.91 bits per heavy atom. The van der Waals surface area contributed by atoms with Crippen molar-refractivity contribution in [1.29, 1.82) is 0 Å². The van der Waals surface area contributed by atoms with E-state index in [0.717, 1.165) is 69.9 Å². The molecule has 0 spiro atoms. The molecular weight excluding hydrogens is 443 g/mol. The molecule has 0 unspecified atom stereocenters. The van der Waals surface area contributed by atoms with Crippen LogP contribution >= 0.6 is 0 Å². The van der Waals surface area contributed by atoms with E-state index >= 15 is 0 Å². The van der Waals surface area contributed by atoms with Crippen molar-refractivity contribution in [1.82, 2.24) is 9.88 Å². The minimum atomic E-state index is -0.318. The Labute approximate surface area is 203 Å². The number of phenols is 1. The number of aromatic nitrogens is 1. The predicted molar refractivity (Wildman–Crippen MR) is 134 cm³/mol. The van der Waals surface area contributed by atoms with Gasteiger partial charge in [-0.3, -0.25) is 14.3 Å². The summed E-state index contributed by atoms with van der Waals surface area (Å²) in [5, 5.41) is 10.9. The molecule has 0 saturated carbocycles. The van der Waals surface area contributed by atoms with Crippen LogP contribution in [0, 0.1) is 12.8 Å². The highest BCUT2D eigenvalue weighted by atomic mass is 19.1. The number of phenolic OH excluding ortho intramolecular Hbond substituents is 1. The lowest BCUT2D eigenvalue weighted by molar-refractivity contribution is 0.0668. The van der Waals surface area contributed by atoms with E-state index in [2.05, 4.69) is 28.9 Å².